The highest BCUT2D eigenvalue weighted by Gasteiger charge is 2.22. The molecule has 0 aliphatic heterocycles. The second kappa shape index (κ2) is 13.0. The number of nitrogens with zero attached hydrogens (tertiary/aromatic N) is 3. The number of ether oxygens (including phenoxy) is 3. The molecule has 0 spiro atoms. The van der Waals surface area contributed by atoms with Gasteiger partial charge in [-0.2, -0.15) is 0 Å². The van der Waals surface area contributed by atoms with Crippen LogP contribution in [-0.4, -0.2) is 116 Å². The molecule has 0 bridgehead atoms. The van der Waals surface area contributed by atoms with Crippen molar-refractivity contribution in [3.05, 3.63) is 0 Å². The van der Waals surface area contributed by atoms with Gasteiger partial charge in [-0.3, -0.25) is 25.8 Å². The maximum absolute atomic E-state index is 11.8. The van der Waals surface area contributed by atoms with Crippen molar-refractivity contribution in [2.45, 2.75) is 12.4 Å². The molecule has 0 aliphatic carbocycles. The van der Waals surface area contributed by atoms with Gasteiger partial charge in [0, 0.05) is 21.1 Å². The van der Waals surface area contributed by atoms with Crippen molar-refractivity contribution in [1.29, 1.82) is 16.2 Å². The van der Waals surface area contributed by atoms with Crippen LogP contribution in [0, 0.1) is 16.2 Å². The number of nitrogens with two attached hydrogens (primary N) is 3. The lowest BCUT2D eigenvalue weighted by Crippen LogP contribution is -2.43. The smallest absolute Gasteiger partial charge is 0.325 e. The normalized spacial score (nSPS) is 12.3. The summed E-state index contributed by atoms with van der Waals surface area (Å²) in [4.78, 5) is 27.2. The van der Waals surface area contributed by atoms with E-state index in [-0.39, 0.29) is 50.7 Å². The zero-order chi connectivity index (χ0) is 23.4. The number of hydrogen-bond acceptors (Lipinski definition) is 9. The standard InChI is InChI=1S/C15H31N9O6/c1-22(13(16)17)4-10(25)28-7-9(30-12(27)6-24(3)15(20)21)8-29-11(26)5-23(2)14(18)19/h9,12,27H,4-8H2,1-3H3,(H3,16,17)(H3,18,19)(H3,20,21). The minimum absolute atomic E-state index is 0.159. The van der Waals surface area contributed by atoms with Crippen molar-refractivity contribution >= 4 is 29.8 Å². The predicted octanol–water partition coefficient (Wildman–Crippen LogP) is -3.75. The zero-order valence-corrected chi connectivity index (χ0v) is 17.3. The van der Waals surface area contributed by atoms with E-state index in [2.05, 4.69) is 0 Å². The first-order valence-electron chi connectivity index (χ1n) is 8.63. The van der Waals surface area contributed by atoms with Crippen LogP contribution in [0.5, 0.6) is 0 Å². The fraction of sp³-hybridized carbons (Fsp3) is 0.667. The Bertz CT molecular complexity index is 594. The van der Waals surface area contributed by atoms with Crippen molar-refractivity contribution < 1.29 is 28.9 Å². The largest absolute Gasteiger partial charge is 0.461 e. The maximum Gasteiger partial charge on any atom is 0.325 e. The Morgan fingerprint density at radius 2 is 1.20 bits per heavy atom. The number of rotatable bonds is 12. The highest BCUT2D eigenvalue weighted by atomic mass is 16.6. The maximum atomic E-state index is 11.8. The highest BCUT2D eigenvalue weighted by Crippen LogP contribution is 2.03. The number of carbonyl (C=O) groups is 2. The fourth-order valence-corrected chi connectivity index (χ4v) is 1.75. The summed E-state index contributed by atoms with van der Waals surface area (Å²) in [7, 11) is 4.30. The first-order chi connectivity index (χ1) is 13.8. The van der Waals surface area contributed by atoms with Crippen LogP contribution in [0.1, 0.15) is 0 Å². The molecular formula is C15H31N9O6. The van der Waals surface area contributed by atoms with Crippen molar-refractivity contribution in [3.8, 4) is 0 Å². The minimum Gasteiger partial charge on any atom is -0.461 e. The lowest BCUT2D eigenvalue weighted by Gasteiger charge is -2.25. The first-order valence-corrected chi connectivity index (χ1v) is 8.63. The van der Waals surface area contributed by atoms with E-state index in [1.165, 1.54) is 26.0 Å². The Hall–Kier alpha value is -3.33. The minimum atomic E-state index is -1.43. The number of likely N-dealkylation sites (N-methyl/N-ethyl adjacent to an activating group) is 3. The number of nitrogens with one attached hydrogen (secondary N) is 3. The molecule has 0 fully saturated rings. The van der Waals surface area contributed by atoms with Gasteiger partial charge >= 0.3 is 11.9 Å². The van der Waals surface area contributed by atoms with E-state index in [4.69, 9.17) is 47.6 Å². The zero-order valence-electron chi connectivity index (χ0n) is 17.3. The van der Waals surface area contributed by atoms with E-state index >= 15 is 0 Å². The second-order valence-corrected chi connectivity index (χ2v) is 6.33. The molecule has 172 valence electrons. The Balaban J connectivity index is 4.84. The van der Waals surface area contributed by atoms with Crippen LogP contribution in [0.2, 0.25) is 0 Å². The third-order valence-electron chi connectivity index (χ3n) is 3.61. The lowest BCUT2D eigenvalue weighted by molar-refractivity contribution is -0.182. The number of hydrogen-bond donors (Lipinski definition) is 7. The van der Waals surface area contributed by atoms with Gasteiger partial charge in [0.25, 0.3) is 0 Å². The van der Waals surface area contributed by atoms with E-state index < -0.39 is 24.3 Å². The molecular weight excluding hydrogens is 402 g/mol. The summed E-state index contributed by atoms with van der Waals surface area (Å²) in [5, 5.41) is 31.7. The molecule has 1 unspecified atom stereocenters. The first kappa shape index (κ1) is 26.7. The summed E-state index contributed by atoms with van der Waals surface area (Å²) in [5.41, 5.74) is 15.8. The van der Waals surface area contributed by atoms with Crippen LogP contribution < -0.4 is 17.2 Å². The number of esters is 2. The van der Waals surface area contributed by atoms with Crippen molar-refractivity contribution in [1.82, 2.24) is 14.7 Å². The molecule has 0 amide bonds. The number of aliphatic hydroxyl groups excluding tert-OH is 1. The van der Waals surface area contributed by atoms with Crippen LogP contribution in [0.3, 0.4) is 0 Å². The molecule has 1 atom stereocenters. The molecule has 0 heterocycles. The molecule has 15 heteroatoms. The third-order valence-corrected chi connectivity index (χ3v) is 3.61. The summed E-state index contributed by atoms with van der Waals surface area (Å²) in [6.45, 7) is -1.49. The van der Waals surface area contributed by atoms with Crippen LogP contribution in [0.15, 0.2) is 0 Å². The fourth-order valence-electron chi connectivity index (χ4n) is 1.75. The second-order valence-electron chi connectivity index (χ2n) is 6.33. The number of carbonyl (C=O) groups excluding carboxylic acids is 2. The molecule has 0 aliphatic rings. The van der Waals surface area contributed by atoms with E-state index in [1.807, 2.05) is 0 Å². The molecule has 0 saturated carbocycles. The molecule has 0 rings (SSSR count). The topological polar surface area (TPSA) is 241 Å². The molecule has 30 heavy (non-hydrogen) atoms. The Morgan fingerprint density at radius 1 is 0.833 bits per heavy atom. The molecule has 0 aromatic heterocycles. The van der Waals surface area contributed by atoms with Gasteiger partial charge in [-0.1, -0.05) is 0 Å². The van der Waals surface area contributed by atoms with E-state index in [0.717, 1.165) is 9.80 Å². The van der Waals surface area contributed by atoms with E-state index in [9.17, 15) is 14.7 Å². The molecule has 0 aromatic carbocycles. The van der Waals surface area contributed by atoms with Gasteiger partial charge < -0.3 is 51.2 Å². The molecule has 0 radical (unpaired) electrons. The Kier molecular flexibility index (Phi) is 11.6. The Morgan fingerprint density at radius 3 is 1.53 bits per heavy atom. The molecule has 0 saturated heterocycles. The van der Waals surface area contributed by atoms with Gasteiger partial charge in [0.15, 0.2) is 24.2 Å². The van der Waals surface area contributed by atoms with E-state index in [1.54, 1.807) is 0 Å². The van der Waals surface area contributed by atoms with Crippen LogP contribution in [0.4, 0.5) is 0 Å². The number of guanidine groups is 3. The molecule has 10 N–H and O–H groups in total. The SMILES string of the molecule is CN(CC(=O)OCC(COC(=O)CN(C)C(=N)N)OC(O)CN(C)C(=N)N)C(=N)N. The van der Waals surface area contributed by atoms with Gasteiger partial charge in [-0.05, 0) is 0 Å². The quantitative estimate of drug-likeness (QED) is 0.0679. The van der Waals surface area contributed by atoms with Crippen LogP contribution in [0.25, 0.3) is 0 Å². The van der Waals surface area contributed by atoms with Gasteiger partial charge in [0.2, 0.25) is 0 Å². The summed E-state index contributed by atoms with van der Waals surface area (Å²) in [5.74, 6) is -2.40. The van der Waals surface area contributed by atoms with Crippen molar-refractivity contribution in [2.24, 2.45) is 17.2 Å². The van der Waals surface area contributed by atoms with Gasteiger partial charge in [0.1, 0.15) is 32.4 Å². The average Bonchev–Trinajstić information content (AvgIpc) is 2.63. The van der Waals surface area contributed by atoms with Crippen molar-refractivity contribution in [3.63, 3.8) is 0 Å². The molecule has 15 nitrogen and oxygen atoms in total. The number of aliphatic hydroxyl groups is 1. The monoisotopic (exact) mass is 433 g/mol. The predicted molar refractivity (Wildman–Crippen MR) is 106 cm³/mol. The van der Waals surface area contributed by atoms with Crippen LogP contribution >= 0.6 is 0 Å². The highest BCUT2D eigenvalue weighted by molar-refractivity contribution is 5.81. The summed E-state index contributed by atoms with van der Waals surface area (Å²) in [6.07, 6.45) is -2.47. The van der Waals surface area contributed by atoms with Gasteiger partial charge in [-0.25, -0.2) is 0 Å². The van der Waals surface area contributed by atoms with Crippen molar-refractivity contribution in [2.75, 3.05) is 54.0 Å². The lowest BCUT2D eigenvalue weighted by atomic mass is 10.4. The molecule has 0 aromatic rings. The van der Waals surface area contributed by atoms with Crippen LogP contribution in [-0.2, 0) is 23.8 Å². The van der Waals surface area contributed by atoms with Gasteiger partial charge in [-0.15, -0.1) is 0 Å². The Labute approximate surface area is 174 Å². The summed E-state index contributed by atoms with van der Waals surface area (Å²) in [6, 6.07) is 0. The summed E-state index contributed by atoms with van der Waals surface area (Å²) < 4.78 is 15.4. The third kappa shape index (κ3) is 11.5. The average molecular weight is 433 g/mol. The van der Waals surface area contributed by atoms with Gasteiger partial charge in [0.05, 0.1) is 6.54 Å². The summed E-state index contributed by atoms with van der Waals surface area (Å²) >= 11 is 0. The van der Waals surface area contributed by atoms with E-state index in [0.29, 0.717) is 0 Å².